The zero-order chi connectivity index (χ0) is 15.0. The van der Waals surface area contributed by atoms with E-state index in [4.69, 9.17) is 9.15 Å². The van der Waals surface area contributed by atoms with Gasteiger partial charge in [0.25, 0.3) is 5.91 Å². The minimum Gasteiger partial charge on any atom is -0.497 e. The Labute approximate surface area is 125 Å². The van der Waals surface area contributed by atoms with Crippen LogP contribution in [0.5, 0.6) is 5.75 Å². The Morgan fingerprint density at radius 2 is 2.19 bits per heavy atom. The van der Waals surface area contributed by atoms with Crippen molar-refractivity contribution in [2.45, 2.75) is 13.8 Å². The topological polar surface area (TPSA) is 64.4 Å². The van der Waals surface area contributed by atoms with Gasteiger partial charge in [0.1, 0.15) is 17.1 Å². The van der Waals surface area contributed by atoms with Crippen molar-refractivity contribution in [2.75, 3.05) is 12.4 Å². The van der Waals surface area contributed by atoms with Gasteiger partial charge in [0.15, 0.2) is 5.13 Å². The number of aryl methyl sites for hydroxylation is 2. The fourth-order valence-electron chi connectivity index (χ4n) is 2.18. The molecule has 0 radical (unpaired) electrons. The Morgan fingerprint density at radius 1 is 1.38 bits per heavy atom. The van der Waals surface area contributed by atoms with Crippen molar-refractivity contribution in [3.05, 3.63) is 40.6 Å². The maximum Gasteiger partial charge on any atom is 0.261 e. The highest BCUT2D eigenvalue weighted by Gasteiger charge is 2.19. The van der Waals surface area contributed by atoms with Gasteiger partial charge in [-0.2, -0.15) is 0 Å². The standard InChI is InChI=1S/C15H14N2O3S/c1-8-7-16-15(21-8)17-14(18)13-9(2)20-12-5-4-10(19-3)6-11(12)13/h4-7H,1-3H3,(H,16,17,18). The molecular weight excluding hydrogens is 288 g/mol. The third kappa shape index (κ3) is 2.50. The molecule has 0 spiro atoms. The summed E-state index contributed by atoms with van der Waals surface area (Å²) in [6.07, 6.45) is 1.73. The van der Waals surface area contributed by atoms with Crippen LogP contribution in [0, 0.1) is 13.8 Å². The number of ether oxygens (including phenoxy) is 1. The first kappa shape index (κ1) is 13.6. The summed E-state index contributed by atoms with van der Waals surface area (Å²) in [6, 6.07) is 5.40. The molecule has 0 saturated heterocycles. The molecular formula is C15H14N2O3S. The molecule has 3 rings (SSSR count). The van der Waals surface area contributed by atoms with E-state index in [9.17, 15) is 4.79 Å². The highest BCUT2D eigenvalue weighted by Crippen LogP contribution is 2.30. The van der Waals surface area contributed by atoms with E-state index in [1.54, 1.807) is 38.4 Å². The highest BCUT2D eigenvalue weighted by atomic mass is 32.1. The Balaban J connectivity index is 2.02. The number of hydrogen-bond donors (Lipinski definition) is 1. The number of thiazole rings is 1. The molecule has 21 heavy (non-hydrogen) atoms. The minimum absolute atomic E-state index is 0.228. The molecule has 0 bridgehead atoms. The number of carbonyl (C=O) groups excluding carboxylic acids is 1. The smallest absolute Gasteiger partial charge is 0.261 e. The van der Waals surface area contributed by atoms with Crippen LogP contribution in [-0.2, 0) is 0 Å². The lowest BCUT2D eigenvalue weighted by atomic mass is 10.1. The van der Waals surface area contributed by atoms with E-state index < -0.39 is 0 Å². The number of fused-ring (bicyclic) bond motifs is 1. The Hall–Kier alpha value is -2.34. The van der Waals surface area contributed by atoms with Crippen LogP contribution in [0.15, 0.2) is 28.8 Å². The maximum atomic E-state index is 12.5. The molecule has 0 unspecified atom stereocenters. The summed E-state index contributed by atoms with van der Waals surface area (Å²) in [7, 11) is 1.59. The van der Waals surface area contributed by atoms with E-state index in [0.717, 1.165) is 10.3 Å². The predicted octanol–water partition coefficient (Wildman–Crippen LogP) is 3.77. The Bertz CT molecular complexity index is 820. The largest absolute Gasteiger partial charge is 0.497 e. The molecule has 5 nitrogen and oxygen atoms in total. The third-order valence-electron chi connectivity index (χ3n) is 3.14. The summed E-state index contributed by atoms with van der Waals surface area (Å²) in [5, 5.41) is 4.12. The van der Waals surface area contributed by atoms with Crippen molar-refractivity contribution in [3.8, 4) is 5.75 Å². The lowest BCUT2D eigenvalue weighted by Crippen LogP contribution is -2.12. The van der Waals surface area contributed by atoms with Gasteiger partial charge in [0, 0.05) is 16.5 Å². The van der Waals surface area contributed by atoms with Gasteiger partial charge < -0.3 is 9.15 Å². The van der Waals surface area contributed by atoms with Gasteiger partial charge in [0.2, 0.25) is 0 Å². The number of carbonyl (C=O) groups is 1. The molecule has 1 amide bonds. The number of benzene rings is 1. The third-order valence-corrected chi connectivity index (χ3v) is 3.97. The number of anilines is 1. The molecule has 3 aromatic rings. The fourth-order valence-corrected chi connectivity index (χ4v) is 2.84. The van der Waals surface area contributed by atoms with Crippen molar-refractivity contribution in [1.82, 2.24) is 4.98 Å². The number of furan rings is 1. The van der Waals surface area contributed by atoms with Crippen LogP contribution in [0.4, 0.5) is 5.13 Å². The number of nitrogens with zero attached hydrogens (tertiary/aromatic N) is 1. The van der Waals surface area contributed by atoms with Crippen LogP contribution in [0.2, 0.25) is 0 Å². The number of aromatic nitrogens is 1. The molecule has 108 valence electrons. The summed E-state index contributed by atoms with van der Waals surface area (Å²) < 4.78 is 10.8. The average Bonchev–Trinajstić information content (AvgIpc) is 3.00. The Kier molecular flexibility index (Phi) is 3.39. The van der Waals surface area contributed by atoms with E-state index in [1.807, 2.05) is 6.92 Å². The molecule has 1 aromatic carbocycles. The summed E-state index contributed by atoms with van der Waals surface area (Å²) in [4.78, 5) is 17.7. The van der Waals surface area contributed by atoms with Crippen LogP contribution in [0.25, 0.3) is 11.0 Å². The first-order valence-electron chi connectivity index (χ1n) is 6.39. The van der Waals surface area contributed by atoms with E-state index in [1.165, 1.54) is 11.3 Å². The van der Waals surface area contributed by atoms with Gasteiger partial charge in [0.05, 0.1) is 12.7 Å². The normalized spacial score (nSPS) is 10.8. The van der Waals surface area contributed by atoms with Gasteiger partial charge >= 0.3 is 0 Å². The van der Waals surface area contributed by atoms with Crippen LogP contribution >= 0.6 is 11.3 Å². The first-order chi connectivity index (χ1) is 10.1. The van der Waals surface area contributed by atoms with Crippen LogP contribution in [0.3, 0.4) is 0 Å². The van der Waals surface area contributed by atoms with Crippen LogP contribution in [-0.4, -0.2) is 18.0 Å². The lowest BCUT2D eigenvalue weighted by molar-refractivity contribution is 0.102. The minimum atomic E-state index is -0.228. The quantitative estimate of drug-likeness (QED) is 0.800. The average molecular weight is 302 g/mol. The first-order valence-corrected chi connectivity index (χ1v) is 7.21. The fraction of sp³-hybridized carbons (Fsp3) is 0.200. The second-order valence-corrected chi connectivity index (χ2v) is 5.86. The molecule has 0 aliphatic heterocycles. The van der Waals surface area contributed by atoms with Crippen LogP contribution in [0.1, 0.15) is 21.0 Å². The number of nitrogens with one attached hydrogen (secondary N) is 1. The molecule has 1 N–H and O–H groups in total. The van der Waals surface area contributed by atoms with Crippen molar-refractivity contribution in [2.24, 2.45) is 0 Å². The lowest BCUT2D eigenvalue weighted by Gasteiger charge is -2.02. The van der Waals surface area contributed by atoms with Crippen molar-refractivity contribution < 1.29 is 13.9 Å². The second-order valence-electron chi connectivity index (χ2n) is 4.63. The molecule has 0 aliphatic carbocycles. The second kappa shape index (κ2) is 5.21. The monoisotopic (exact) mass is 302 g/mol. The van der Waals surface area contributed by atoms with Crippen molar-refractivity contribution in [3.63, 3.8) is 0 Å². The van der Waals surface area contributed by atoms with Crippen molar-refractivity contribution >= 4 is 33.3 Å². The van der Waals surface area contributed by atoms with E-state index in [-0.39, 0.29) is 5.91 Å². The van der Waals surface area contributed by atoms with E-state index in [0.29, 0.717) is 27.8 Å². The number of hydrogen-bond acceptors (Lipinski definition) is 5. The molecule has 6 heteroatoms. The van der Waals surface area contributed by atoms with Crippen LogP contribution < -0.4 is 10.1 Å². The Morgan fingerprint density at radius 3 is 2.86 bits per heavy atom. The summed E-state index contributed by atoms with van der Waals surface area (Å²) >= 11 is 1.43. The number of rotatable bonds is 3. The van der Waals surface area contributed by atoms with Gasteiger partial charge in [-0.1, -0.05) is 0 Å². The molecule has 2 heterocycles. The molecule has 2 aromatic heterocycles. The molecule has 0 atom stereocenters. The highest BCUT2D eigenvalue weighted by molar-refractivity contribution is 7.15. The zero-order valence-corrected chi connectivity index (χ0v) is 12.7. The summed E-state index contributed by atoms with van der Waals surface area (Å²) in [5.41, 5.74) is 1.17. The molecule has 0 fully saturated rings. The summed E-state index contributed by atoms with van der Waals surface area (Å²) in [6.45, 7) is 3.71. The van der Waals surface area contributed by atoms with E-state index >= 15 is 0 Å². The van der Waals surface area contributed by atoms with Crippen molar-refractivity contribution in [1.29, 1.82) is 0 Å². The van der Waals surface area contributed by atoms with E-state index in [2.05, 4.69) is 10.3 Å². The summed E-state index contributed by atoms with van der Waals surface area (Å²) in [5.74, 6) is 1.03. The van der Waals surface area contributed by atoms with Gasteiger partial charge in [-0.25, -0.2) is 4.98 Å². The zero-order valence-electron chi connectivity index (χ0n) is 11.9. The SMILES string of the molecule is COc1ccc2oc(C)c(C(=O)Nc3ncc(C)s3)c2c1. The molecule has 0 saturated carbocycles. The number of methoxy groups -OCH3 is 1. The van der Waals surface area contributed by atoms with Gasteiger partial charge in [-0.15, -0.1) is 11.3 Å². The van der Waals surface area contributed by atoms with Gasteiger partial charge in [-0.3, -0.25) is 10.1 Å². The van der Waals surface area contributed by atoms with Gasteiger partial charge in [-0.05, 0) is 32.0 Å². The maximum absolute atomic E-state index is 12.5. The molecule has 0 aliphatic rings. The predicted molar refractivity (Wildman–Crippen MR) is 82.3 cm³/mol. The number of amides is 1.